The van der Waals surface area contributed by atoms with Gasteiger partial charge in [0, 0.05) is 68.4 Å². The quantitative estimate of drug-likeness (QED) is 0.0111. The second-order valence-corrected chi connectivity index (χ2v) is 28.7. The van der Waals surface area contributed by atoms with Crippen LogP contribution < -0.4 is 108 Å². The Balaban J connectivity index is 1.30. The third-order valence-corrected chi connectivity index (χ3v) is 18.5. The number of guanidine groups is 1. The highest BCUT2D eigenvalue weighted by Gasteiger charge is 2.38. The van der Waals surface area contributed by atoms with Crippen LogP contribution in [0.3, 0.4) is 0 Å². The van der Waals surface area contributed by atoms with Gasteiger partial charge < -0.3 is 123 Å². The predicted molar refractivity (Wildman–Crippen MR) is 417 cm³/mol. The van der Waals surface area contributed by atoms with E-state index in [9.17, 15) is 91.4 Å². The molecule has 0 spiro atoms. The van der Waals surface area contributed by atoms with Gasteiger partial charge in [0.1, 0.15) is 72.5 Å². The van der Waals surface area contributed by atoms with Gasteiger partial charge >= 0.3 is 0 Å². The molecule has 29 N–H and O–H groups in total. The lowest BCUT2D eigenvalue weighted by atomic mass is 10.0. The number of H-pyrrole nitrogens is 2. The van der Waals surface area contributed by atoms with E-state index in [1.54, 1.807) is 74.7 Å². The van der Waals surface area contributed by atoms with Crippen LogP contribution in [0.15, 0.2) is 73.3 Å². The lowest BCUT2D eigenvalue weighted by molar-refractivity contribution is -0.136. The number of aromatic nitrogens is 3. The van der Waals surface area contributed by atoms with Crippen LogP contribution in [0.5, 0.6) is 0 Å². The van der Waals surface area contributed by atoms with E-state index in [1.807, 2.05) is 0 Å². The molecule has 12 atom stereocenters. The molecule has 18 amide bonds. The number of para-hydroxylation sites is 1. The number of aliphatic hydroxyl groups is 1. The van der Waals surface area contributed by atoms with Gasteiger partial charge in [0.15, 0.2) is 5.96 Å². The molecule has 4 aromatic rings. The molecule has 1 aliphatic heterocycles. The van der Waals surface area contributed by atoms with E-state index in [1.165, 1.54) is 37.4 Å². The number of rotatable bonds is 51. The molecule has 0 radical (unpaired) electrons. The minimum atomic E-state index is -1.91. The fraction of sp³-hybridized carbons (Fsp3) is 0.500. The molecule has 1 saturated heterocycles. The number of fused-ring (bicyclic) bond motifs is 1. The number of aliphatic hydroxyl groups excluding tert-OH is 1. The number of carbonyl (C=O) groups excluding carboxylic acids is 18. The number of benzene rings is 2. The second kappa shape index (κ2) is 47.7. The van der Waals surface area contributed by atoms with E-state index in [4.69, 9.17) is 34.1 Å². The Labute approximate surface area is 669 Å². The van der Waals surface area contributed by atoms with Gasteiger partial charge in [-0.05, 0) is 87.0 Å². The van der Waals surface area contributed by atoms with E-state index in [2.05, 4.69) is 94.7 Å². The average Bonchev–Trinajstić information content (AvgIpc) is 1.66. The number of carbonyl (C=O) groups is 18. The van der Waals surface area contributed by atoms with Crippen molar-refractivity contribution in [1.82, 2.24) is 94.7 Å². The predicted octanol–water partition coefficient (Wildman–Crippen LogP) is -8.27. The number of amides is 18. The molecule has 2 aromatic heterocycles. The number of primary amides is 4. The molecule has 1 aliphatic rings. The maximum absolute atomic E-state index is 14.7. The first-order chi connectivity index (χ1) is 55.0. The molecule has 44 heteroatoms. The topological polar surface area (TPSA) is 706 Å². The molecule has 2 aromatic carbocycles. The summed E-state index contributed by atoms with van der Waals surface area (Å²) in [4.78, 5) is 252. The van der Waals surface area contributed by atoms with Crippen LogP contribution >= 0.6 is 11.8 Å². The first-order valence-electron chi connectivity index (χ1n) is 37.1. The van der Waals surface area contributed by atoms with Crippen LogP contribution in [0.4, 0.5) is 0 Å². The molecule has 116 heavy (non-hydrogen) atoms. The van der Waals surface area contributed by atoms with Crippen LogP contribution in [0.25, 0.3) is 10.9 Å². The number of imidazole rings is 1. The SMILES string of the molecule is CSCC[C@H](NC(=O)[C@H](Cc1ccccc1)NC(=O)[C@H](Cc1c[nH]cn1)NC(=O)CNC(=O)[C@H](CCCNC(=N)N)NC(=O)[C@H](C)NC(=O)[C@H](Cc1c[nH]c2ccccc12)NC(=O)[C@H](CCC(N)=O)NC(=O)[C@H](CC(N)=O)NC(=O)CNC(=O)[C@H](CC(C)C)NC(=O)[C@H](CO)NC(=O)[C@H](CCC(N)=O)NC(=O)[C@@H]1CCC(=O)N1)C(N)=O. The molecular formula is C72H104N24O19S. The third kappa shape index (κ3) is 32.7. The zero-order valence-electron chi connectivity index (χ0n) is 64.4. The standard InChI is InChI=1S/C72H104N24O19S/c1-36(2)25-48(93-71(115)53(34-97)96-66(110)47(17-20-55(74)99)91-64(108)45-18-21-57(101)86-45)63(107)83-33-59(103)88-52(29-56(75)100)70(114)92-46(16-19-54(73)98)65(109)95-50(27-39-30-81-42-14-9-8-13-41(39)42)67(111)85-37(3)61(105)90-44(15-10-23-80-72(77)78)62(106)82-32-58(102)87-51(28-40-31-79-35-84-40)69(113)94-49(26-38-11-6-5-7-12-38)68(112)89-43(60(76)104)22-24-116-4/h5-9,11-14,30-31,35-37,43-53,81,97H,10,15-29,32-34H2,1-4H3,(H2,73,98)(H2,74,99)(H2,75,100)(H2,76,104)(H,79,84)(H,82,106)(H,83,107)(H,85,111)(H,86,101)(H,87,102)(H,88,103)(H,89,112)(H,90,105)(H,91,108)(H,92,114)(H,93,115)(H,94,113)(H,95,109)(H,96,110)(H4,77,78,80)/t37-,43-,44-,45-,46-,47-,48-,49-,50-,51-,52-,53-/m0/s1. The fourth-order valence-corrected chi connectivity index (χ4v) is 12.3. The Hall–Kier alpha value is -12.8. The summed E-state index contributed by atoms with van der Waals surface area (Å²) in [5.74, 6) is -17.5. The molecule has 5 rings (SSSR count). The summed E-state index contributed by atoms with van der Waals surface area (Å²) in [6, 6.07) is -2.52. The van der Waals surface area contributed by atoms with Gasteiger partial charge in [0.2, 0.25) is 106 Å². The van der Waals surface area contributed by atoms with Crippen LogP contribution in [-0.2, 0) is 106 Å². The van der Waals surface area contributed by atoms with Crippen molar-refractivity contribution in [2.75, 3.05) is 38.2 Å². The Morgan fingerprint density at radius 1 is 0.534 bits per heavy atom. The van der Waals surface area contributed by atoms with Crippen molar-refractivity contribution >= 4 is 135 Å². The first-order valence-corrected chi connectivity index (χ1v) is 38.5. The Morgan fingerprint density at radius 2 is 1.04 bits per heavy atom. The van der Waals surface area contributed by atoms with E-state index in [0.29, 0.717) is 33.5 Å². The lowest BCUT2D eigenvalue weighted by Crippen LogP contribution is -2.60. The summed E-state index contributed by atoms with van der Waals surface area (Å²) in [6.45, 7) is 1.77. The molecular weight excluding hydrogens is 1540 g/mol. The Morgan fingerprint density at radius 3 is 1.60 bits per heavy atom. The van der Waals surface area contributed by atoms with Gasteiger partial charge in [0.05, 0.1) is 38.1 Å². The van der Waals surface area contributed by atoms with Crippen molar-refractivity contribution in [3.8, 4) is 0 Å². The summed E-state index contributed by atoms with van der Waals surface area (Å²) >= 11 is 1.42. The minimum absolute atomic E-state index is 0.0146. The lowest BCUT2D eigenvalue weighted by Gasteiger charge is -2.26. The number of hydrogen-bond donors (Lipinski definition) is 24. The molecule has 0 unspecified atom stereocenters. The fourth-order valence-electron chi connectivity index (χ4n) is 11.8. The number of nitrogens with one attached hydrogen (secondary N) is 18. The molecule has 0 aliphatic carbocycles. The van der Waals surface area contributed by atoms with Gasteiger partial charge in [-0.3, -0.25) is 91.7 Å². The molecule has 0 bridgehead atoms. The maximum Gasteiger partial charge on any atom is 0.245 e. The molecule has 3 heterocycles. The Bertz CT molecular complexity index is 4150. The average molecular weight is 1640 g/mol. The van der Waals surface area contributed by atoms with Crippen molar-refractivity contribution in [1.29, 1.82) is 5.41 Å². The van der Waals surface area contributed by atoms with Crippen molar-refractivity contribution in [3.63, 3.8) is 0 Å². The number of thioether (sulfide) groups is 1. The zero-order chi connectivity index (χ0) is 85.7. The summed E-state index contributed by atoms with van der Waals surface area (Å²) in [6.07, 6.45) is 2.78. The van der Waals surface area contributed by atoms with E-state index < -0.39 is 230 Å². The smallest absolute Gasteiger partial charge is 0.245 e. The summed E-state index contributed by atoms with van der Waals surface area (Å²) in [5, 5.41) is 55.2. The molecule has 1 fully saturated rings. The third-order valence-electron chi connectivity index (χ3n) is 17.9. The van der Waals surface area contributed by atoms with E-state index in [0.717, 1.165) is 0 Å². The van der Waals surface area contributed by atoms with Crippen molar-refractivity contribution in [2.45, 2.75) is 183 Å². The van der Waals surface area contributed by atoms with Gasteiger partial charge in [-0.1, -0.05) is 62.4 Å². The van der Waals surface area contributed by atoms with Gasteiger partial charge in [-0.15, -0.1) is 0 Å². The minimum Gasteiger partial charge on any atom is -0.394 e. The van der Waals surface area contributed by atoms with Crippen molar-refractivity contribution in [3.05, 3.63) is 90.1 Å². The zero-order valence-corrected chi connectivity index (χ0v) is 65.2. The highest BCUT2D eigenvalue weighted by molar-refractivity contribution is 7.98. The summed E-state index contributed by atoms with van der Waals surface area (Å²) in [7, 11) is 0. The van der Waals surface area contributed by atoms with Crippen LogP contribution in [-0.4, -0.2) is 243 Å². The van der Waals surface area contributed by atoms with E-state index in [-0.39, 0.29) is 76.7 Å². The maximum atomic E-state index is 14.7. The van der Waals surface area contributed by atoms with Crippen molar-refractivity contribution in [2.24, 2.45) is 34.6 Å². The highest BCUT2D eigenvalue weighted by atomic mass is 32.2. The highest BCUT2D eigenvalue weighted by Crippen LogP contribution is 2.20. The van der Waals surface area contributed by atoms with Crippen LogP contribution in [0.1, 0.15) is 108 Å². The second-order valence-electron chi connectivity index (χ2n) is 27.7. The van der Waals surface area contributed by atoms with Gasteiger partial charge in [0.25, 0.3) is 0 Å². The number of nitrogens with zero attached hydrogens (tertiary/aromatic N) is 1. The monoisotopic (exact) mass is 1640 g/mol. The van der Waals surface area contributed by atoms with Crippen LogP contribution in [0, 0.1) is 11.3 Å². The summed E-state index contributed by atoms with van der Waals surface area (Å²) in [5.41, 5.74) is 29.4. The molecule has 43 nitrogen and oxygen atoms in total. The normalized spacial score (nSPS) is 15.1. The number of nitrogens with two attached hydrogens (primary N) is 5. The largest absolute Gasteiger partial charge is 0.394 e. The van der Waals surface area contributed by atoms with Gasteiger partial charge in [-0.2, -0.15) is 11.8 Å². The van der Waals surface area contributed by atoms with E-state index >= 15 is 0 Å². The number of aromatic amines is 2. The molecule has 632 valence electrons. The molecule has 0 saturated carbocycles. The van der Waals surface area contributed by atoms with Crippen LogP contribution in [0.2, 0.25) is 0 Å². The first kappa shape index (κ1) is 93.8. The van der Waals surface area contributed by atoms with Crippen molar-refractivity contribution < 1.29 is 91.4 Å². The Kier molecular flexibility index (Phi) is 38.6. The number of hydrogen-bond acceptors (Lipinski definition) is 22. The summed E-state index contributed by atoms with van der Waals surface area (Å²) < 4.78 is 0. The van der Waals surface area contributed by atoms with Gasteiger partial charge in [-0.25, -0.2) is 4.98 Å².